The average molecular weight is 307 g/mol. The monoisotopic (exact) mass is 307 g/mol. The van der Waals surface area contributed by atoms with Crippen molar-refractivity contribution in [2.45, 2.75) is 23.8 Å². The predicted molar refractivity (Wildman–Crippen MR) is 75.2 cm³/mol. The Balaban J connectivity index is 1.91. The topological polar surface area (TPSA) is 51.8 Å². The number of hydrogen-bond donors (Lipinski definition) is 0. The van der Waals surface area contributed by atoms with Gasteiger partial charge in [-0.25, -0.2) is 15.0 Å². The normalized spacial score (nSPS) is 12.0. The molecule has 0 aliphatic rings. The molecule has 0 amide bonds. The van der Waals surface area contributed by atoms with E-state index in [0.717, 1.165) is 0 Å². The molecule has 1 aromatic carbocycles. The quantitative estimate of drug-likeness (QED) is 0.538. The second-order valence-electron chi connectivity index (χ2n) is 4.29. The number of thioether (sulfide) groups is 1. The van der Waals surface area contributed by atoms with Crippen LogP contribution in [0.25, 0.3) is 11.1 Å². The predicted octanol–water partition coefficient (Wildman–Crippen LogP) is 4.02. The van der Waals surface area contributed by atoms with E-state index in [-0.39, 0.29) is 16.9 Å². The van der Waals surface area contributed by atoms with Crippen LogP contribution in [0.2, 0.25) is 0 Å². The van der Waals surface area contributed by atoms with Gasteiger partial charge in [-0.1, -0.05) is 19.1 Å². The van der Waals surface area contributed by atoms with Crippen molar-refractivity contribution < 1.29 is 13.2 Å². The summed E-state index contributed by atoms with van der Waals surface area (Å²) in [5, 5.41) is -3.33. The van der Waals surface area contributed by atoms with Crippen molar-refractivity contribution in [3.8, 4) is 0 Å². The summed E-state index contributed by atoms with van der Waals surface area (Å²) in [6.45, 7) is 1.90. The highest BCUT2D eigenvalue weighted by Gasteiger charge is 2.40. The molecule has 0 unspecified atom stereocenters. The van der Waals surface area contributed by atoms with Crippen LogP contribution >= 0.6 is 11.8 Å². The molecule has 3 aromatic rings. The first-order valence-electron chi connectivity index (χ1n) is 6.33. The third kappa shape index (κ3) is 2.87. The smallest absolute Gasteiger partial charge is 0.375 e. The highest BCUT2D eigenvalue weighted by atomic mass is 32.2. The number of aromatic nitrogens is 3. The summed E-state index contributed by atoms with van der Waals surface area (Å²) in [6, 6.07) is 8.34. The number of para-hydroxylation sites is 2. The molecule has 0 aliphatic heterocycles. The first-order chi connectivity index (χ1) is 10.1. The summed E-state index contributed by atoms with van der Waals surface area (Å²) >= 11 is 0.232. The van der Waals surface area contributed by atoms with Crippen LogP contribution in [0.3, 0.4) is 0 Å². The van der Waals surface area contributed by atoms with Gasteiger partial charge in [-0.2, -0.15) is 8.78 Å². The Morgan fingerprint density at radius 2 is 2.00 bits per heavy atom. The van der Waals surface area contributed by atoms with Crippen LogP contribution in [0.5, 0.6) is 0 Å². The van der Waals surface area contributed by atoms with Gasteiger partial charge in [-0.05, 0) is 36.4 Å². The van der Waals surface area contributed by atoms with Gasteiger partial charge in [0.15, 0.2) is 10.7 Å². The van der Waals surface area contributed by atoms with E-state index >= 15 is 0 Å². The fourth-order valence-electron chi connectivity index (χ4n) is 1.78. The SMILES string of the molecule is CCc1ccnc(SC(F)(F)c2nc3ccccc3o2)n1. The zero-order valence-corrected chi connectivity index (χ0v) is 11.9. The van der Waals surface area contributed by atoms with E-state index in [1.165, 1.54) is 6.20 Å². The molecule has 108 valence electrons. The minimum atomic E-state index is -3.33. The zero-order valence-electron chi connectivity index (χ0n) is 11.1. The largest absolute Gasteiger partial charge is 0.434 e. The van der Waals surface area contributed by atoms with Crippen molar-refractivity contribution in [1.82, 2.24) is 15.0 Å². The molecule has 0 atom stereocenters. The number of rotatable bonds is 4. The van der Waals surface area contributed by atoms with E-state index in [0.29, 0.717) is 23.2 Å². The van der Waals surface area contributed by atoms with Crippen LogP contribution in [0.15, 0.2) is 46.1 Å². The third-order valence-electron chi connectivity index (χ3n) is 2.82. The summed E-state index contributed by atoms with van der Waals surface area (Å²) in [7, 11) is 0. The molecule has 0 saturated carbocycles. The third-order valence-corrected chi connectivity index (χ3v) is 3.63. The molecule has 2 heterocycles. The number of oxazole rings is 1. The highest BCUT2D eigenvalue weighted by molar-refractivity contribution is 7.99. The van der Waals surface area contributed by atoms with Gasteiger partial charge in [0, 0.05) is 11.9 Å². The van der Waals surface area contributed by atoms with Crippen molar-refractivity contribution in [2.24, 2.45) is 0 Å². The molecular formula is C14H11F2N3OS. The summed E-state index contributed by atoms with van der Waals surface area (Å²) in [5.41, 5.74) is 1.44. The van der Waals surface area contributed by atoms with Crippen molar-refractivity contribution in [1.29, 1.82) is 0 Å². The number of hydrogen-bond acceptors (Lipinski definition) is 5. The van der Waals surface area contributed by atoms with E-state index < -0.39 is 11.1 Å². The Bertz CT molecular complexity index is 743. The lowest BCUT2D eigenvalue weighted by atomic mass is 10.3. The average Bonchev–Trinajstić information content (AvgIpc) is 2.92. The van der Waals surface area contributed by atoms with Crippen LogP contribution in [0.1, 0.15) is 18.5 Å². The van der Waals surface area contributed by atoms with E-state index in [1.54, 1.807) is 30.3 Å². The van der Waals surface area contributed by atoms with Crippen LogP contribution < -0.4 is 0 Å². The maximum atomic E-state index is 14.2. The Hall–Kier alpha value is -2.02. The Morgan fingerprint density at radius 1 is 1.19 bits per heavy atom. The first kappa shape index (κ1) is 13.9. The van der Waals surface area contributed by atoms with Crippen LogP contribution in [-0.4, -0.2) is 15.0 Å². The van der Waals surface area contributed by atoms with E-state index in [4.69, 9.17) is 4.42 Å². The first-order valence-corrected chi connectivity index (χ1v) is 7.15. The van der Waals surface area contributed by atoms with Crippen molar-refractivity contribution >= 4 is 22.9 Å². The Morgan fingerprint density at radius 3 is 2.76 bits per heavy atom. The second kappa shape index (κ2) is 5.40. The summed E-state index contributed by atoms with van der Waals surface area (Å²) in [6.07, 6.45) is 2.13. The fourth-order valence-corrected chi connectivity index (χ4v) is 2.46. The van der Waals surface area contributed by atoms with Gasteiger partial charge in [-0.3, -0.25) is 0 Å². The lowest BCUT2D eigenvalue weighted by Crippen LogP contribution is -2.09. The molecule has 2 aromatic heterocycles. The van der Waals surface area contributed by atoms with Crippen LogP contribution in [-0.2, 0) is 11.7 Å². The molecule has 7 heteroatoms. The lowest BCUT2D eigenvalue weighted by Gasteiger charge is -2.10. The highest BCUT2D eigenvalue weighted by Crippen LogP contribution is 2.43. The second-order valence-corrected chi connectivity index (χ2v) is 5.37. The molecule has 0 N–H and O–H groups in total. The molecule has 0 spiro atoms. The number of aryl methyl sites for hydroxylation is 1. The van der Waals surface area contributed by atoms with Crippen molar-refractivity contribution in [3.05, 3.63) is 48.1 Å². The molecule has 0 bridgehead atoms. The van der Waals surface area contributed by atoms with Crippen LogP contribution in [0.4, 0.5) is 8.78 Å². The maximum Gasteiger partial charge on any atom is 0.375 e. The lowest BCUT2D eigenvalue weighted by molar-refractivity contribution is 0.0732. The summed E-state index contributed by atoms with van der Waals surface area (Å²) in [5.74, 6) is -0.640. The number of nitrogens with zero attached hydrogens (tertiary/aromatic N) is 3. The van der Waals surface area contributed by atoms with Gasteiger partial charge in [0.1, 0.15) is 5.52 Å². The van der Waals surface area contributed by atoms with Gasteiger partial charge in [0.25, 0.3) is 5.89 Å². The Kier molecular flexibility index (Phi) is 3.59. The molecule has 21 heavy (non-hydrogen) atoms. The molecule has 0 aliphatic carbocycles. The zero-order chi connectivity index (χ0) is 14.9. The molecule has 3 rings (SSSR count). The minimum Gasteiger partial charge on any atom is -0.434 e. The molecule has 0 fully saturated rings. The number of halogens is 2. The van der Waals surface area contributed by atoms with Gasteiger partial charge >= 0.3 is 5.25 Å². The van der Waals surface area contributed by atoms with E-state index in [1.807, 2.05) is 6.92 Å². The standard InChI is InChI=1S/C14H11F2N3OS/c1-2-9-7-8-17-13(18-9)21-14(15,16)12-19-10-5-3-4-6-11(10)20-12/h3-8H,2H2,1H3. The van der Waals surface area contributed by atoms with Gasteiger partial charge in [-0.15, -0.1) is 0 Å². The molecule has 0 saturated heterocycles. The van der Waals surface area contributed by atoms with Crippen molar-refractivity contribution in [2.75, 3.05) is 0 Å². The minimum absolute atomic E-state index is 0.00149. The van der Waals surface area contributed by atoms with Gasteiger partial charge in [0.2, 0.25) is 0 Å². The van der Waals surface area contributed by atoms with Gasteiger partial charge in [0.05, 0.1) is 0 Å². The fraction of sp³-hybridized carbons (Fsp3) is 0.214. The number of alkyl halides is 2. The molecule has 4 nitrogen and oxygen atoms in total. The number of benzene rings is 1. The summed E-state index contributed by atoms with van der Waals surface area (Å²) < 4.78 is 33.6. The molecule has 0 radical (unpaired) electrons. The summed E-state index contributed by atoms with van der Waals surface area (Å²) in [4.78, 5) is 11.7. The molecular weight excluding hydrogens is 296 g/mol. The van der Waals surface area contributed by atoms with E-state index in [2.05, 4.69) is 15.0 Å². The Labute approximate surface area is 123 Å². The van der Waals surface area contributed by atoms with E-state index in [9.17, 15) is 8.78 Å². The van der Waals surface area contributed by atoms with Crippen LogP contribution in [0, 0.1) is 0 Å². The maximum absolute atomic E-state index is 14.2. The number of fused-ring (bicyclic) bond motifs is 1. The van der Waals surface area contributed by atoms with Gasteiger partial charge < -0.3 is 4.42 Å². The van der Waals surface area contributed by atoms with Crippen molar-refractivity contribution in [3.63, 3.8) is 0 Å².